The Labute approximate surface area is 146 Å². The van der Waals surface area contributed by atoms with Crippen LogP contribution in [-0.4, -0.2) is 49.1 Å². The summed E-state index contributed by atoms with van der Waals surface area (Å²) in [6, 6.07) is 0. The Bertz CT molecular complexity index is 185. The molecule has 0 aromatic heterocycles. The van der Waals surface area contributed by atoms with Gasteiger partial charge in [-0.15, -0.1) is 0 Å². The molecule has 2 heterocycles. The van der Waals surface area contributed by atoms with E-state index in [-0.39, 0.29) is 40.1 Å². The molecule has 0 saturated carbocycles. The van der Waals surface area contributed by atoms with Crippen LogP contribution in [0.15, 0.2) is 0 Å². The Morgan fingerprint density at radius 1 is 0.789 bits per heavy atom. The molecule has 2 rings (SSSR count). The van der Waals surface area contributed by atoms with Crippen molar-refractivity contribution in [2.24, 2.45) is 11.8 Å². The number of piperidine rings is 2. The first-order valence-corrected chi connectivity index (χ1v) is 7.76. The van der Waals surface area contributed by atoms with Gasteiger partial charge < -0.3 is 17.2 Å². The van der Waals surface area contributed by atoms with Crippen LogP contribution in [0.1, 0.15) is 46.0 Å². The van der Waals surface area contributed by atoms with Gasteiger partial charge in [0.2, 0.25) is 0 Å². The first-order valence-electron chi connectivity index (χ1n) is 7.76. The molecule has 2 aliphatic heterocycles. The van der Waals surface area contributed by atoms with Gasteiger partial charge in [0.1, 0.15) is 0 Å². The van der Waals surface area contributed by atoms with Crippen molar-refractivity contribution in [3.05, 3.63) is 7.43 Å². The van der Waals surface area contributed by atoms with Crippen molar-refractivity contribution in [3.8, 4) is 0 Å². The molecule has 19 heavy (non-hydrogen) atoms. The van der Waals surface area contributed by atoms with Crippen LogP contribution in [0.2, 0.25) is 0 Å². The predicted octanol–water partition coefficient (Wildman–Crippen LogP) is 3.29. The third kappa shape index (κ3) is 6.54. The summed E-state index contributed by atoms with van der Waals surface area (Å²) >= 11 is 0. The smallest absolute Gasteiger partial charge is 0.00106 e. The second-order valence-corrected chi connectivity index (χ2v) is 6.03. The van der Waals surface area contributed by atoms with Gasteiger partial charge in [-0.3, -0.25) is 0 Å². The van der Waals surface area contributed by atoms with E-state index < -0.39 is 0 Å². The van der Waals surface area contributed by atoms with Gasteiger partial charge in [0, 0.05) is 39.3 Å². The van der Waals surface area contributed by atoms with E-state index in [4.69, 9.17) is 0 Å². The van der Waals surface area contributed by atoms with Crippen LogP contribution in [0.25, 0.3) is 0 Å². The minimum Gasteiger partial charge on any atom is -0.358 e. The van der Waals surface area contributed by atoms with Crippen molar-refractivity contribution in [3.63, 3.8) is 0 Å². The molecule has 111 valence electrons. The van der Waals surface area contributed by atoms with Crippen LogP contribution in [0.3, 0.4) is 0 Å². The average molecular weight is 342 g/mol. The van der Waals surface area contributed by atoms with Gasteiger partial charge in [-0.2, -0.15) is 0 Å². The SMILES string of the molecule is CCC1CCN(CC2CCN(CC)CC2)CC1.[CH3-].[Y]. The molecule has 0 unspecified atom stereocenters. The molecule has 2 saturated heterocycles. The van der Waals surface area contributed by atoms with E-state index in [1.807, 2.05) is 0 Å². The summed E-state index contributed by atoms with van der Waals surface area (Å²) in [4.78, 5) is 5.33. The number of hydrogen-bond acceptors (Lipinski definition) is 2. The molecule has 0 atom stereocenters. The second kappa shape index (κ2) is 10.7. The van der Waals surface area contributed by atoms with Crippen molar-refractivity contribution >= 4 is 0 Å². The summed E-state index contributed by atoms with van der Waals surface area (Å²) in [6.45, 7) is 12.7. The molecule has 3 heteroatoms. The topological polar surface area (TPSA) is 6.48 Å². The molecule has 2 fully saturated rings. The van der Waals surface area contributed by atoms with Crippen molar-refractivity contribution in [1.29, 1.82) is 0 Å². The Balaban J connectivity index is 0.00000162. The molecule has 0 aliphatic carbocycles. The summed E-state index contributed by atoms with van der Waals surface area (Å²) in [5.41, 5.74) is 0. The molecule has 0 amide bonds. The Morgan fingerprint density at radius 3 is 1.74 bits per heavy atom. The third-order valence-electron chi connectivity index (χ3n) is 4.96. The monoisotopic (exact) mass is 342 g/mol. The standard InChI is InChI=1S/C15H30N2.CH3.Y/c1-3-14-5-11-17(12-6-14)13-15-7-9-16(4-2)10-8-15;;/h14-15H,3-13H2,1-2H3;1H3;/q;-1;. The summed E-state index contributed by atoms with van der Waals surface area (Å²) in [5, 5.41) is 0. The fourth-order valence-electron chi connectivity index (χ4n) is 3.43. The fourth-order valence-corrected chi connectivity index (χ4v) is 3.43. The van der Waals surface area contributed by atoms with Gasteiger partial charge in [0.15, 0.2) is 0 Å². The molecule has 0 aromatic carbocycles. The van der Waals surface area contributed by atoms with Crippen LogP contribution in [0, 0.1) is 19.3 Å². The van der Waals surface area contributed by atoms with Crippen molar-refractivity contribution < 1.29 is 32.7 Å². The number of hydrogen-bond donors (Lipinski definition) is 0. The van der Waals surface area contributed by atoms with Gasteiger partial charge in [-0.1, -0.05) is 20.3 Å². The maximum absolute atomic E-state index is 2.73. The quantitative estimate of drug-likeness (QED) is 0.724. The van der Waals surface area contributed by atoms with Gasteiger partial charge >= 0.3 is 0 Å². The van der Waals surface area contributed by atoms with Crippen LogP contribution in [0.5, 0.6) is 0 Å². The molecule has 0 bridgehead atoms. The number of nitrogens with zero attached hydrogens (tertiary/aromatic N) is 2. The van der Waals surface area contributed by atoms with Gasteiger partial charge in [-0.05, 0) is 70.2 Å². The minimum absolute atomic E-state index is 0. The predicted molar refractivity (Wildman–Crippen MR) is 80.7 cm³/mol. The van der Waals surface area contributed by atoms with Crippen molar-refractivity contribution in [2.45, 2.75) is 46.0 Å². The summed E-state index contributed by atoms with van der Waals surface area (Å²) < 4.78 is 0. The van der Waals surface area contributed by atoms with E-state index >= 15 is 0 Å². The van der Waals surface area contributed by atoms with Crippen LogP contribution in [0.4, 0.5) is 0 Å². The fraction of sp³-hybridized carbons (Fsp3) is 0.938. The summed E-state index contributed by atoms with van der Waals surface area (Å²) in [7, 11) is 0. The third-order valence-corrected chi connectivity index (χ3v) is 4.96. The van der Waals surface area contributed by atoms with Crippen LogP contribution >= 0.6 is 0 Å². The molecule has 2 nitrogen and oxygen atoms in total. The van der Waals surface area contributed by atoms with E-state index in [9.17, 15) is 0 Å². The summed E-state index contributed by atoms with van der Waals surface area (Å²) in [6.07, 6.45) is 7.15. The zero-order chi connectivity index (χ0) is 12.1. The maximum Gasteiger partial charge on any atom is 0.00106 e. The molecular weight excluding hydrogens is 309 g/mol. The molecule has 0 N–H and O–H groups in total. The van der Waals surface area contributed by atoms with Crippen LogP contribution < -0.4 is 0 Å². The van der Waals surface area contributed by atoms with Gasteiger partial charge in [0.05, 0.1) is 0 Å². The number of likely N-dealkylation sites (tertiary alicyclic amines) is 2. The molecular formula is C16H33N2Y-. The van der Waals surface area contributed by atoms with E-state index in [0.29, 0.717) is 0 Å². The largest absolute Gasteiger partial charge is 0.358 e. The molecule has 0 aromatic rings. The normalized spacial score (nSPS) is 23.7. The van der Waals surface area contributed by atoms with E-state index in [2.05, 4.69) is 23.6 Å². The van der Waals surface area contributed by atoms with Crippen LogP contribution in [-0.2, 0) is 32.7 Å². The molecule has 2 aliphatic rings. The van der Waals surface area contributed by atoms with Crippen molar-refractivity contribution in [2.75, 3.05) is 39.3 Å². The van der Waals surface area contributed by atoms with E-state index in [1.54, 1.807) is 0 Å². The Kier molecular flexibility index (Phi) is 11.3. The second-order valence-electron chi connectivity index (χ2n) is 6.03. The van der Waals surface area contributed by atoms with E-state index in [1.165, 1.54) is 71.4 Å². The van der Waals surface area contributed by atoms with Gasteiger partial charge in [0.25, 0.3) is 0 Å². The first kappa shape index (κ1) is 20.0. The zero-order valence-electron chi connectivity index (χ0n) is 13.4. The zero-order valence-corrected chi connectivity index (χ0v) is 16.2. The Hall–Kier alpha value is 1.02. The average Bonchev–Trinajstić information content (AvgIpc) is 2.40. The van der Waals surface area contributed by atoms with Gasteiger partial charge in [-0.25, -0.2) is 0 Å². The first-order chi connectivity index (χ1) is 8.31. The maximum atomic E-state index is 2.73. The summed E-state index contributed by atoms with van der Waals surface area (Å²) in [5.74, 6) is 2.00. The molecule has 1 radical (unpaired) electrons. The Morgan fingerprint density at radius 2 is 1.26 bits per heavy atom. The van der Waals surface area contributed by atoms with Crippen molar-refractivity contribution in [1.82, 2.24) is 9.80 Å². The molecule has 0 spiro atoms. The minimum atomic E-state index is 0. The number of rotatable bonds is 4. The van der Waals surface area contributed by atoms with E-state index in [0.717, 1.165) is 11.8 Å².